The van der Waals surface area contributed by atoms with Crippen LogP contribution in [0.25, 0.3) is 16.8 Å². The lowest BCUT2D eigenvalue weighted by atomic mass is 10.1. The molecule has 1 saturated heterocycles. The van der Waals surface area contributed by atoms with Gasteiger partial charge in [0.1, 0.15) is 0 Å². The van der Waals surface area contributed by atoms with Crippen molar-refractivity contribution in [3.63, 3.8) is 0 Å². The number of rotatable bonds is 2. The molecule has 2 nitrogen and oxygen atoms in total. The first-order valence-electron chi connectivity index (χ1n) is 8.47. The van der Waals surface area contributed by atoms with Crippen LogP contribution in [0.3, 0.4) is 0 Å². The Morgan fingerprint density at radius 1 is 1.04 bits per heavy atom. The third-order valence-electron chi connectivity index (χ3n) is 5.64. The van der Waals surface area contributed by atoms with Gasteiger partial charge in [-0.2, -0.15) is 0 Å². The first kappa shape index (κ1) is 13.6. The Kier molecular flexibility index (Phi) is 2.85. The Morgan fingerprint density at radius 3 is 2.61 bits per heavy atom. The van der Waals surface area contributed by atoms with Crippen molar-refractivity contribution >= 4 is 11.3 Å². The monoisotopic (exact) mass is 321 g/mol. The van der Waals surface area contributed by atoms with Crippen LogP contribution in [0.2, 0.25) is 0 Å². The van der Waals surface area contributed by atoms with Gasteiger partial charge in [0, 0.05) is 30.0 Å². The smallest absolute Gasteiger partial charge is 0.167 e. The quantitative estimate of drug-likeness (QED) is 0.595. The highest BCUT2D eigenvalue weighted by molar-refractivity contribution is 7.11. The van der Waals surface area contributed by atoms with E-state index in [1.807, 2.05) is 11.3 Å². The first-order chi connectivity index (χ1) is 11.3. The summed E-state index contributed by atoms with van der Waals surface area (Å²) in [5.74, 6) is 0. The van der Waals surface area contributed by atoms with E-state index < -0.39 is 0 Å². The lowest BCUT2D eigenvalue weighted by Gasteiger charge is -2.35. The zero-order valence-electron chi connectivity index (χ0n) is 13.4. The van der Waals surface area contributed by atoms with Gasteiger partial charge < -0.3 is 9.05 Å². The topological polar surface area (TPSA) is 4.93 Å². The van der Waals surface area contributed by atoms with Crippen molar-refractivity contribution in [2.24, 2.45) is 0 Å². The molecule has 4 heterocycles. The molecule has 0 amide bonds. The summed E-state index contributed by atoms with van der Waals surface area (Å²) >= 11 is 1.95. The van der Waals surface area contributed by atoms with Crippen LogP contribution in [0, 0.1) is 0 Å². The summed E-state index contributed by atoms with van der Waals surface area (Å²) in [4.78, 5) is 1.56. The molecule has 116 valence electrons. The second-order valence-corrected chi connectivity index (χ2v) is 7.98. The number of aromatic nitrogens is 1. The van der Waals surface area contributed by atoms with Crippen molar-refractivity contribution in [1.82, 2.24) is 4.57 Å². The molecule has 0 aliphatic carbocycles. The number of hydrogen-bond donors (Lipinski definition) is 0. The fourth-order valence-corrected chi connectivity index (χ4v) is 5.82. The van der Waals surface area contributed by atoms with Gasteiger partial charge in [-0.05, 0) is 17.7 Å². The van der Waals surface area contributed by atoms with E-state index >= 15 is 0 Å². The van der Waals surface area contributed by atoms with E-state index in [0.717, 1.165) is 0 Å². The average molecular weight is 321 g/mol. The van der Waals surface area contributed by atoms with Crippen molar-refractivity contribution in [2.75, 3.05) is 20.1 Å². The van der Waals surface area contributed by atoms with E-state index in [1.54, 1.807) is 4.88 Å². The van der Waals surface area contributed by atoms with E-state index in [9.17, 15) is 0 Å². The fourth-order valence-electron chi connectivity index (χ4n) is 4.50. The maximum absolute atomic E-state index is 2.45. The second-order valence-electron chi connectivity index (χ2n) is 7.07. The predicted molar refractivity (Wildman–Crippen MR) is 96.1 cm³/mol. The number of quaternary nitrogens is 1. The zero-order valence-corrected chi connectivity index (χ0v) is 14.2. The molecular formula is C20H21N2S+. The molecule has 1 unspecified atom stereocenters. The summed E-state index contributed by atoms with van der Waals surface area (Å²) in [5.41, 5.74) is 5.62. The predicted octanol–water partition coefficient (Wildman–Crippen LogP) is 4.85. The van der Waals surface area contributed by atoms with E-state index in [4.69, 9.17) is 0 Å². The van der Waals surface area contributed by atoms with Crippen molar-refractivity contribution in [3.05, 3.63) is 64.6 Å². The van der Waals surface area contributed by atoms with Gasteiger partial charge >= 0.3 is 0 Å². The highest BCUT2D eigenvalue weighted by Crippen LogP contribution is 2.51. The van der Waals surface area contributed by atoms with Crippen LogP contribution in [-0.4, -0.2) is 29.2 Å². The number of fused-ring (bicyclic) bond motifs is 3. The minimum atomic E-state index is 0.518. The second kappa shape index (κ2) is 4.83. The van der Waals surface area contributed by atoms with E-state index in [2.05, 4.69) is 65.7 Å². The first-order valence-corrected chi connectivity index (χ1v) is 9.34. The zero-order chi connectivity index (χ0) is 15.4. The molecule has 2 aromatic heterocycles. The highest BCUT2D eigenvalue weighted by Gasteiger charge is 2.46. The third kappa shape index (κ3) is 1.84. The molecule has 0 radical (unpaired) electrons. The molecule has 2 aliphatic rings. The van der Waals surface area contributed by atoms with Crippen molar-refractivity contribution < 1.29 is 4.48 Å². The average Bonchev–Trinajstić information content (AvgIpc) is 3.30. The third-order valence-corrected chi connectivity index (χ3v) is 6.66. The summed E-state index contributed by atoms with van der Waals surface area (Å²) in [6.45, 7) is 2.60. The molecule has 1 atom stereocenters. The van der Waals surface area contributed by atoms with Gasteiger partial charge in [0.2, 0.25) is 0 Å². The summed E-state index contributed by atoms with van der Waals surface area (Å²) < 4.78 is 3.62. The summed E-state index contributed by atoms with van der Waals surface area (Å²) in [7, 11) is 2.45. The molecule has 2 aliphatic heterocycles. The maximum Gasteiger partial charge on any atom is 0.167 e. The van der Waals surface area contributed by atoms with Crippen LogP contribution < -0.4 is 0 Å². The largest absolute Gasteiger partial charge is 0.314 e. The highest BCUT2D eigenvalue weighted by atomic mass is 32.1. The van der Waals surface area contributed by atoms with Crippen molar-refractivity contribution in [2.45, 2.75) is 18.9 Å². The Labute approximate surface area is 141 Å². The minimum Gasteiger partial charge on any atom is -0.314 e. The summed E-state index contributed by atoms with van der Waals surface area (Å²) in [5, 5.41) is 2.36. The van der Waals surface area contributed by atoms with Crippen molar-refractivity contribution in [3.8, 4) is 16.8 Å². The van der Waals surface area contributed by atoms with Gasteiger partial charge in [0.05, 0.1) is 36.4 Å². The standard InChI is InChI=1S/C20H21N2S/c1-22(12-5-6-13-22)19-17-10-7-11-21(17)18-16(14-23-20(18)19)15-8-3-2-4-9-15/h2-4,7-11,14,19H,5-6,12-13H2,1H3/q+1. The lowest BCUT2D eigenvalue weighted by molar-refractivity contribution is -0.921. The van der Waals surface area contributed by atoms with Crippen LogP contribution in [0.5, 0.6) is 0 Å². The normalized spacial score (nSPS) is 21.3. The lowest BCUT2D eigenvalue weighted by Crippen LogP contribution is -2.43. The summed E-state index contributed by atoms with van der Waals surface area (Å²) in [6.07, 6.45) is 4.97. The van der Waals surface area contributed by atoms with Crippen LogP contribution >= 0.6 is 11.3 Å². The molecule has 1 fully saturated rings. The van der Waals surface area contributed by atoms with Gasteiger partial charge in [-0.3, -0.25) is 0 Å². The van der Waals surface area contributed by atoms with Crippen LogP contribution in [0.1, 0.15) is 29.5 Å². The number of thiophene rings is 1. The molecule has 3 heteroatoms. The number of hydrogen-bond acceptors (Lipinski definition) is 1. The number of likely N-dealkylation sites (tertiary alicyclic amines) is 1. The fraction of sp³-hybridized carbons (Fsp3) is 0.300. The van der Waals surface area contributed by atoms with E-state index in [0.29, 0.717) is 6.04 Å². The van der Waals surface area contributed by atoms with Crippen LogP contribution in [-0.2, 0) is 0 Å². The molecule has 1 aromatic carbocycles. The Balaban J connectivity index is 1.72. The molecular weight excluding hydrogens is 300 g/mol. The van der Waals surface area contributed by atoms with Gasteiger partial charge in [-0.15, -0.1) is 11.3 Å². The SMILES string of the molecule is C[N+]1(C2c3scc(-c4ccccc4)c3-n3cccc32)CCCC1. The Hall–Kier alpha value is -1.84. The van der Waals surface area contributed by atoms with Gasteiger partial charge in [0.25, 0.3) is 0 Å². The molecule has 0 N–H and O–H groups in total. The molecule has 3 aromatic rings. The van der Waals surface area contributed by atoms with E-state index in [-0.39, 0.29) is 0 Å². The van der Waals surface area contributed by atoms with Crippen molar-refractivity contribution in [1.29, 1.82) is 0 Å². The maximum atomic E-state index is 2.45. The Morgan fingerprint density at radius 2 is 1.83 bits per heavy atom. The Bertz CT molecular complexity index is 853. The molecule has 0 bridgehead atoms. The molecule has 23 heavy (non-hydrogen) atoms. The van der Waals surface area contributed by atoms with Crippen LogP contribution in [0.15, 0.2) is 54.0 Å². The molecule has 5 rings (SSSR count). The van der Waals surface area contributed by atoms with E-state index in [1.165, 1.54) is 52.9 Å². The van der Waals surface area contributed by atoms with Crippen LogP contribution in [0.4, 0.5) is 0 Å². The molecule has 0 saturated carbocycles. The van der Waals surface area contributed by atoms with Gasteiger partial charge in [-0.1, -0.05) is 30.3 Å². The minimum absolute atomic E-state index is 0.518. The summed E-state index contributed by atoms with van der Waals surface area (Å²) in [6, 6.07) is 15.9. The number of nitrogens with zero attached hydrogens (tertiary/aromatic N) is 2. The van der Waals surface area contributed by atoms with Gasteiger partial charge in [-0.25, -0.2) is 0 Å². The van der Waals surface area contributed by atoms with Gasteiger partial charge in [0.15, 0.2) is 6.04 Å². The number of benzene rings is 1. The molecule has 0 spiro atoms.